The van der Waals surface area contributed by atoms with Crippen LogP contribution in [-0.4, -0.2) is 30.0 Å². The van der Waals surface area contributed by atoms with Gasteiger partial charge in [0.05, 0.1) is 4.92 Å². The van der Waals surface area contributed by atoms with Gasteiger partial charge in [-0.2, -0.15) is 0 Å². The van der Waals surface area contributed by atoms with Crippen LogP contribution < -0.4 is 15.8 Å². The van der Waals surface area contributed by atoms with Gasteiger partial charge in [-0.1, -0.05) is 13.8 Å². The molecule has 3 N–H and O–H groups in total. The molecule has 0 fully saturated rings. The molecule has 1 aromatic rings. The average Bonchev–Trinajstić information content (AvgIpc) is 2.51. The lowest BCUT2D eigenvalue weighted by Gasteiger charge is -2.26. The summed E-state index contributed by atoms with van der Waals surface area (Å²) in [5, 5.41) is 13.5. The van der Waals surface area contributed by atoms with Crippen LogP contribution >= 0.6 is 0 Å². The second kappa shape index (κ2) is 7.03. The normalized spacial score (nSPS) is 11.0. The van der Waals surface area contributed by atoms with Gasteiger partial charge in [-0.15, -0.1) is 0 Å². The molecule has 7 nitrogen and oxygen atoms in total. The van der Waals surface area contributed by atoms with Crippen molar-refractivity contribution in [1.82, 2.24) is 5.32 Å². The Morgan fingerprint density at radius 3 is 2.52 bits per heavy atom. The van der Waals surface area contributed by atoms with E-state index in [0.717, 1.165) is 0 Å². The first-order chi connectivity index (χ1) is 9.86. The summed E-state index contributed by atoms with van der Waals surface area (Å²) in [6.45, 7) is 4.06. The summed E-state index contributed by atoms with van der Waals surface area (Å²) in [7, 11) is 1.46. The lowest BCUT2D eigenvalue weighted by atomic mass is 9.96. The molecule has 0 aliphatic carbocycles. The fraction of sp³-hybridized carbons (Fsp3) is 0.500. The Balaban J connectivity index is 3.02. The van der Waals surface area contributed by atoms with Crippen molar-refractivity contribution in [3.8, 4) is 5.75 Å². The molecule has 0 aliphatic rings. The largest absolute Gasteiger partial charge is 0.485 e. The number of ether oxygens (including phenoxy) is 1. The third-order valence-electron chi connectivity index (χ3n) is 3.57. The molecule has 116 valence electrons. The number of nitrogens with two attached hydrogens (primary N) is 1. The Hall–Kier alpha value is -2.15. The van der Waals surface area contributed by atoms with Crippen molar-refractivity contribution in [3.63, 3.8) is 0 Å². The number of hydrogen-bond donors (Lipinski definition) is 2. The van der Waals surface area contributed by atoms with Crippen LogP contribution in [0.2, 0.25) is 0 Å². The molecule has 1 aromatic carbocycles. The molecular formula is C14H21N3O4. The van der Waals surface area contributed by atoms with Gasteiger partial charge in [-0.05, 0) is 25.0 Å². The van der Waals surface area contributed by atoms with Crippen LogP contribution in [-0.2, 0) is 0 Å². The number of nitrogens with zero attached hydrogens (tertiary/aromatic N) is 1. The number of amides is 1. The highest BCUT2D eigenvalue weighted by atomic mass is 16.6. The summed E-state index contributed by atoms with van der Waals surface area (Å²) in [5.74, 6) is -0.274. The lowest BCUT2D eigenvalue weighted by molar-refractivity contribution is -0.385. The standard InChI is InChI=1S/C14H21N3O4/c1-4-14(15,5-2)9-21-12-7-6-10(13(18)16-3)8-11(12)17(19)20/h6-8H,4-5,9,15H2,1-3H3,(H,16,18). The number of nitro benzene ring substituents is 1. The fourth-order valence-electron chi connectivity index (χ4n) is 1.74. The Bertz CT molecular complexity index is 527. The van der Waals surface area contributed by atoms with E-state index in [2.05, 4.69) is 5.32 Å². The number of carbonyl (C=O) groups excluding carboxylic acids is 1. The van der Waals surface area contributed by atoms with Crippen LogP contribution in [0, 0.1) is 10.1 Å². The van der Waals surface area contributed by atoms with E-state index in [9.17, 15) is 14.9 Å². The first kappa shape index (κ1) is 16.9. The van der Waals surface area contributed by atoms with Gasteiger partial charge in [0.1, 0.15) is 6.61 Å². The van der Waals surface area contributed by atoms with E-state index in [4.69, 9.17) is 10.5 Å². The first-order valence-electron chi connectivity index (χ1n) is 6.79. The van der Waals surface area contributed by atoms with E-state index < -0.39 is 10.5 Å². The van der Waals surface area contributed by atoms with Crippen molar-refractivity contribution in [2.45, 2.75) is 32.2 Å². The van der Waals surface area contributed by atoms with Crippen molar-refractivity contribution < 1.29 is 14.5 Å². The second-order valence-electron chi connectivity index (χ2n) is 4.88. The monoisotopic (exact) mass is 295 g/mol. The van der Waals surface area contributed by atoms with Gasteiger partial charge in [0.25, 0.3) is 5.91 Å². The van der Waals surface area contributed by atoms with Gasteiger partial charge in [0, 0.05) is 24.2 Å². The zero-order valence-corrected chi connectivity index (χ0v) is 12.5. The Kier molecular flexibility index (Phi) is 5.66. The molecule has 7 heteroatoms. The third-order valence-corrected chi connectivity index (χ3v) is 3.57. The molecule has 0 unspecified atom stereocenters. The molecule has 0 saturated heterocycles. The summed E-state index contributed by atoms with van der Waals surface area (Å²) in [5.41, 5.74) is 5.56. The molecule has 0 heterocycles. The number of benzene rings is 1. The zero-order chi connectivity index (χ0) is 16.0. The summed E-state index contributed by atoms with van der Waals surface area (Å²) >= 11 is 0. The summed E-state index contributed by atoms with van der Waals surface area (Å²) < 4.78 is 5.52. The maximum absolute atomic E-state index is 11.5. The molecule has 0 saturated carbocycles. The highest BCUT2D eigenvalue weighted by Gasteiger charge is 2.24. The van der Waals surface area contributed by atoms with Crippen molar-refractivity contribution in [1.29, 1.82) is 0 Å². The Morgan fingerprint density at radius 1 is 1.43 bits per heavy atom. The SMILES string of the molecule is CCC(N)(CC)COc1ccc(C(=O)NC)cc1[N+](=O)[O-]. The van der Waals surface area contributed by atoms with E-state index >= 15 is 0 Å². The van der Waals surface area contributed by atoms with Crippen LogP contribution in [0.1, 0.15) is 37.0 Å². The molecule has 0 spiro atoms. The molecule has 21 heavy (non-hydrogen) atoms. The first-order valence-corrected chi connectivity index (χ1v) is 6.79. The van der Waals surface area contributed by atoms with Crippen LogP contribution in [0.15, 0.2) is 18.2 Å². The predicted octanol–water partition coefficient (Wildman–Crippen LogP) is 1.85. The molecule has 0 aliphatic heterocycles. The molecule has 0 atom stereocenters. The Morgan fingerprint density at radius 2 is 2.05 bits per heavy atom. The van der Waals surface area contributed by atoms with Crippen molar-refractivity contribution >= 4 is 11.6 Å². The average molecular weight is 295 g/mol. The molecule has 0 aromatic heterocycles. The molecule has 1 amide bonds. The van der Waals surface area contributed by atoms with Gasteiger partial charge < -0.3 is 15.8 Å². The summed E-state index contributed by atoms with van der Waals surface area (Å²) in [6, 6.07) is 4.11. The van der Waals surface area contributed by atoms with Crippen LogP contribution in [0.5, 0.6) is 5.75 Å². The number of rotatable bonds is 7. The van der Waals surface area contributed by atoms with Gasteiger partial charge in [0.2, 0.25) is 0 Å². The maximum Gasteiger partial charge on any atom is 0.311 e. The van der Waals surface area contributed by atoms with E-state index in [-0.39, 0.29) is 29.5 Å². The van der Waals surface area contributed by atoms with Crippen molar-refractivity contribution in [3.05, 3.63) is 33.9 Å². The van der Waals surface area contributed by atoms with E-state index in [1.807, 2.05) is 13.8 Å². The number of nitro groups is 1. The number of nitrogens with one attached hydrogen (secondary N) is 1. The van der Waals surface area contributed by atoms with Crippen molar-refractivity contribution in [2.75, 3.05) is 13.7 Å². The zero-order valence-electron chi connectivity index (χ0n) is 12.5. The van der Waals surface area contributed by atoms with Gasteiger partial charge >= 0.3 is 5.69 Å². The Labute approximate surface area is 123 Å². The van der Waals surface area contributed by atoms with Crippen LogP contribution in [0.4, 0.5) is 5.69 Å². The second-order valence-corrected chi connectivity index (χ2v) is 4.88. The predicted molar refractivity (Wildman–Crippen MR) is 79.5 cm³/mol. The summed E-state index contributed by atoms with van der Waals surface area (Å²) in [4.78, 5) is 22.1. The fourth-order valence-corrected chi connectivity index (χ4v) is 1.74. The van der Waals surface area contributed by atoms with Crippen molar-refractivity contribution in [2.24, 2.45) is 5.73 Å². The highest BCUT2D eigenvalue weighted by molar-refractivity contribution is 5.94. The van der Waals surface area contributed by atoms with Gasteiger partial charge in [-0.3, -0.25) is 14.9 Å². The molecular weight excluding hydrogens is 274 g/mol. The van der Waals surface area contributed by atoms with E-state index in [1.54, 1.807) is 0 Å². The molecule has 1 rings (SSSR count). The highest BCUT2D eigenvalue weighted by Crippen LogP contribution is 2.29. The van der Waals surface area contributed by atoms with Gasteiger partial charge in [0.15, 0.2) is 5.75 Å². The van der Waals surface area contributed by atoms with E-state index in [1.165, 1.54) is 25.2 Å². The molecule has 0 bridgehead atoms. The summed E-state index contributed by atoms with van der Waals surface area (Å²) in [6.07, 6.45) is 1.40. The third kappa shape index (κ3) is 4.16. The quantitative estimate of drug-likeness (QED) is 0.589. The molecule has 0 radical (unpaired) electrons. The minimum atomic E-state index is -0.572. The minimum absolute atomic E-state index is 0.115. The minimum Gasteiger partial charge on any atom is -0.485 e. The smallest absolute Gasteiger partial charge is 0.311 e. The lowest BCUT2D eigenvalue weighted by Crippen LogP contribution is -2.44. The van der Waals surface area contributed by atoms with Gasteiger partial charge in [-0.25, -0.2) is 0 Å². The van der Waals surface area contributed by atoms with E-state index in [0.29, 0.717) is 12.8 Å². The maximum atomic E-state index is 11.5. The van der Waals surface area contributed by atoms with Crippen LogP contribution in [0.25, 0.3) is 0 Å². The van der Waals surface area contributed by atoms with Crippen LogP contribution in [0.3, 0.4) is 0 Å². The number of carbonyl (C=O) groups is 1. The topological polar surface area (TPSA) is 107 Å². The number of hydrogen-bond acceptors (Lipinski definition) is 5.